The van der Waals surface area contributed by atoms with Crippen molar-refractivity contribution >= 4 is 26.2 Å². The quantitative estimate of drug-likeness (QED) is 0.712. The Bertz CT molecular complexity index is 424. The summed E-state index contributed by atoms with van der Waals surface area (Å²) in [5.74, 6) is 0.758. The van der Waals surface area contributed by atoms with Crippen molar-refractivity contribution in [2.75, 3.05) is 13.7 Å². The molecule has 1 aromatic rings. The van der Waals surface area contributed by atoms with E-state index in [1.807, 2.05) is 24.3 Å². The summed E-state index contributed by atoms with van der Waals surface area (Å²) in [6.07, 6.45) is 3.12. The minimum atomic E-state index is -0.746. The van der Waals surface area contributed by atoms with Crippen molar-refractivity contribution in [3.8, 4) is 11.5 Å². The lowest BCUT2D eigenvalue weighted by molar-refractivity contribution is -0.141. The molecule has 21 heavy (non-hydrogen) atoms. The number of ether oxygens (including phenoxy) is 2. The van der Waals surface area contributed by atoms with E-state index in [-0.39, 0.29) is 12.4 Å². The average Bonchev–Trinajstić information content (AvgIpc) is 2.45. The number of carbonyl (C=O) groups is 1. The zero-order valence-electron chi connectivity index (χ0n) is 12.9. The van der Waals surface area contributed by atoms with Crippen LogP contribution in [0.5, 0.6) is 11.5 Å². The number of carboxylic acid groups (broad SMARTS) is 1. The molecule has 1 atom stereocenters. The highest BCUT2D eigenvalue weighted by Crippen LogP contribution is 2.33. The molecule has 1 aromatic carbocycles. The van der Waals surface area contributed by atoms with Crippen LogP contribution in [0, 0.1) is 0 Å². The number of halogens is 1. The van der Waals surface area contributed by atoms with Crippen molar-refractivity contribution in [1.29, 1.82) is 0 Å². The first-order valence-electron chi connectivity index (χ1n) is 7.02. The topological polar surface area (TPSA) is 55.8 Å². The number of aliphatic carboxylic acids is 1. The molecule has 0 spiro atoms. The van der Waals surface area contributed by atoms with Gasteiger partial charge in [-0.15, -0.1) is 12.4 Å². The van der Waals surface area contributed by atoms with Crippen LogP contribution in [0.25, 0.3) is 0 Å². The molecule has 0 aliphatic heterocycles. The second-order valence-corrected chi connectivity index (χ2v) is 5.24. The van der Waals surface area contributed by atoms with Gasteiger partial charge >= 0.3 is 5.97 Å². The van der Waals surface area contributed by atoms with Gasteiger partial charge in [0.2, 0.25) is 0 Å². The Hall–Kier alpha value is -1.36. The van der Waals surface area contributed by atoms with E-state index in [0.29, 0.717) is 19.4 Å². The Morgan fingerprint density at radius 1 is 1.24 bits per heavy atom. The fourth-order valence-electron chi connectivity index (χ4n) is 1.97. The maximum Gasteiger partial charge on any atom is 0.301 e. The predicted molar refractivity (Wildman–Crippen MR) is 88.8 cm³/mol. The molecule has 0 heterocycles. The van der Waals surface area contributed by atoms with Crippen molar-refractivity contribution in [2.24, 2.45) is 0 Å². The van der Waals surface area contributed by atoms with Crippen molar-refractivity contribution < 1.29 is 19.4 Å². The summed E-state index contributed by atoms with van der Waals surface area (Å²) in [5, 5.41) is 8.65. The van der Waals surface area contributed by atoms with Gasteiger partial charge in [0.05, 0.1) is 13.7 Å². The Labute approximate surface area is 133 Å². The first-order chi connectivity index (χ1) is 9.51. The Morgan fingerprint density at radius 3 is 2.29 bits per heavy atom. The summed E-state index contributed by atoms with van der Waals surface area (Å²) in [4.78, 5) is 11.4. The number of benzene rings is 1. The number of carboxylic acids is 1. The van der Waals surface area contributed by atoms with E-state index in [0.717, 1.165) is 24.3 Å². The summed E-state index contributed by atoms with van der Waals surface area (Å²) in [6.45, 7) is 2.47. The molecule has 0 aliphatic rings. The normalized spacial score (nSPS) is 12.9. The molecule has 4 nitrogen and oxygen atoms in total. The third kappa shape index (κ3) is 6.30. The van der Waals surface area contributed by atoms with Crippen molar-refractivity contribution in [3.05, 3.63) is 24.3 Å². The average molecular weight is 315 g/mol. The molecule has 0 amide bonds. The summed E-state index contributed by atoms with van der Waals surface area (Å²) in [7, 11) is 3.41. The monoisotopic (exact) mass is 314 g/mol. The van der Waals surface area contributed by atoms with Crippen molar-refractivity contribution in [3.63, 3.8) is 0 Å². The van der Waals surface area contributed by atoms with E-state index >= 15 is 0 Å². The van der Waals surface area contributed by atoms with Gasteiger partial charge in [-0.2, -0.15) is 0 Å². The van der Waals surface area contributed by atoms with Crippen LogP contribution in [0.3, 0.4) is 0 Å². The maximum atomic E-state index is 11.4. The molecular formula is C15H24BClO4. The van der Waals surface area contributed by atoms with Crippen LogP contribution < -0.4 is 9.47 Å². The molecule has 0 saturated carbocycles. The van der Waals surface area contributed by atoms with Crippen LogP contribution in [0.4, 0.5) is 0 Å². The van der Waals surface area contributed by atoms with Gasteiger partial charge in [0.25, 0.3) is 0 Å². The van der Waals surface area contributed by atoms with Gasteiger partial charge < -0.3 is 14.6 Å². The summed E-state index contributed by atoms with van der Waals surface area (Å²) in [6, 6.07) is 7.29. The summed E-state index contributed by atoms with van der Waals surface area (Å²) in [5.41, 5.74) is 0. The molecule has 0 bridgehead atoms. The number of hydrogen-bond donors (Lipinski definition) is 1. The van der Waals surface area contributed by atoms with E-state index in [2.05, 4.69) is 6.92 Å². The summed E-state index contributed by atoms with van der Waals surface area (Å²) >= 11 is 0. The Morgan fingerprint density at radius 2 is 1.81 bits per heavy atom. The van der Waals surface area contributed by atoms with Crippen LogP contribution in [-0.4, -0.2) is 32.6 Å². The number of unbranched alkanes of at least 4 members (excludes halogenated alkanes) is 1. The molecule has 0 aliphatic carbocycles. The zero-order valence-corrected chi connectivity index (χ0v) is 13.7. The standard InChI is InChI=1S/C15H23BO4.ClH/c1-3-4-9-15(16,14(17)18)10-11-20-13-7-5-12(19-2)6-8-13;/h5-8H,3-4,9-11,16H2,1-2H3,(H,17,18);1H. The third-order valence-corrected chi connectivity index (χ3v) is 3.58. The second kappa shape index (κ2) is 9.56. The van der Waals surface area contributed by atoms with Gasteiger partial charge in [0, 0.05) is 5.31 Å². The van der Waals surface area contributed by atoms with E-state index < -0.39 is 11.3 Å². The number of methoxy groups -OCH3 is 1. The first-order valence-corrected chi connectivity index (χ1v) is 7.02. The molecule has 1 N–H and O–H groups in total. The fourth-order valence-corrected chi connectivity index (χ4v) is 1.97. The van der Waals surface area contributed by atoms with Crippen LogP contribution in [0.15, 0.2) is 24.3 Å². The van der Waals surface area contributed by atoms with Gasteiger partial charge in [-0.3, -0.25) is 4.79 Å². The molecule has 6 heteroatoms. The van der Waals surface area contributed by atoms with Crippen molar-refractivity contribution in [1.82, 2.24) is 0 Å². The SMILES string of the molecule is BC(CCCC)(CCOc1ccc(OC)cc1)C(=O)O.Cl. The lowest BCUT2D eigenvalue weighted by Gasteiger charge is -2.24. The zero-order chi connectivity index (χ0) is 15.0. The molecule has 1 unspecified atom stereocenters. The smallest absolute Gasteiger partial charge is 0.301 e. The predicted octanol–water partition coefficient (Wildman–Crippen LogP) is 2.95. The van der Waals surface area contributed by atoms with Gasteiger partial charge in [-0.05, 0) is 37.1 Å². The lowest BCUT2D eigenvalue weighted by Crippen LogP contribution is -2.26. The fraction of sp³-hybridized carbons (Fsp3) is 0.533. The Balaban J connectivity index is 0.00000400. The molecule has 0 saturated heterocycles. The molecule has 0 fully saturated rings. The van der Waals surface area contributed by atoms with Gasteiger partial charge in [-0.1, -0.05) is 19.8 Å². The molecule has 1 rings (SSSR count). The highest BCUT2D eigenvalue weighted by molar-refractivity contribution is 6.26. The van der Waals surface area contributed by atoms with Crippen LogP contribution in [0.2, 0.25) is 5.31 Å². The molecular weight excluding hydrogens is 290 g/mol. The number of rotatable bonds is 9. The first kappa shape index (κ1) is 19.6. The highest BCUT2D eigenvalue weighted by Gasteiger charge is 2.32. The molecule has 118 valence electrons. The summed E-state index contributed by atoms with van der Waals surface area (Å²) < 4.78 is 10.7. The van der Waals surface area contributed by atoms with Crippen LogP contribution >= 0.6 is 12.4 Å². The minimum Gasteiger partial charge on any atom is -0.497 e. The van der Waals surface area contributed by atoms with Gasteiger partial charge in [-0.25, -0.2) is 0 Å². The van der Waals surface area contributed by atoms with Gasteiger partial charge in [0.15, 0.2) is 0 Å². The van der Waals surface area contributed by atoms with Crippen LogP contribution in [-0.2, 0) is 4.79 Å². The second-order valence-electron chi connectivity index (χ2n) is 5.24. The van der Waals surface area contributed by atoms with E-state index in [9.17, 15) is 9.90 Å². The van der Waals surface area contributed by atoms with Crippen LogP contribution in [0.1, 0.15) is 32.6 Å². The van der Waals surface area contributed by atoms with E-state index in [1.165, 1.54) is 0 Å². The van der Waals surface area contributed by atoms with E-state index in [1.54, 1.807) is 15.0 Å². The number of hydrogen-bond acceptors (Lipinski definition) is 3. The highest BCUT2D eigenvalue weighted by atomic mass is 35.5. The Kier molecular flexibility index (Phi) is 8.94. The lowest BCUT2D eigenvalue weighted by atomic mass is 9.63. The maximum absolute atomic E-state index is 11.4. The minimum absolute atomic E-state index is 0. The van der Waals surface area contributed by atoms with Gasteiger partial charge in [0.1, 0.15) is 19.3 Å². The molecule has 0 aromatic heterocycles. The van der Waals surface area contributed by atoms with E-state index in [4.69, 9.17) is 9.47 Å². The molecule has 0 radical (unpaired) electrons. The largest absolute Gasteiger partial charge is 0.497 e. The van der Waals surface area contributed by atoms with Crippen molar-refractivity contribution in [2.45, 2.75) is 37.9 Å². The third-order valence-electron chi connectivity index (χ3n) is 3.58.